The van der Waals surface area contributed by atoms with Crippen molar-refractivity contribution >= 4 is 16.0 Å². The fourth-order valence-electron chi connectivity index (χ4n) is 1.61. The Kier molecular flexibility index (Phi) is 3.53. The summed E-state index contributed by atoms with van der Waals surface area (Å²) in [5.74, 6) is 0.358. The summed E-state index contributed by atoms with van der Waals surface area (Å²) in [5.41, 5.74) is 0.475. The number of rotatable bonds is 4. The van der Waals surface area contributed by atoms with E-state index in [0.717, 1.165) is 6.26 Å². The van der Waals surface area contributed by atoms with E-state index in [9.17, 15) is 13.2 Å². The van der Waals surface area contributed by atoms with Crippen LogP contribution in [0.25, 0.3) is 0 Å². The van der Waals surface area contributed by atoms with E-state index < -0.39 is 10.1 Å². The minimum absolute atomic E-state index is 0.0733. The summed E-state index contributed by atoms with van der Waals surface area (Å²) in [5, 5.41) is 0. The molecule has 0 aromatic heterocycles. The van der Waals surface area contributed by atoms with Crippen LogP contribution in [0, 0.1) is 0 Å². The summed E-state index contributed by atoms with van der Waals surface area (Å²) >= 11 is 0. The average molecular weight is 271 g/mol. The molecule has 2 rings (SSSR count). The predicted molar refractivity (Wildman–Crippen MR) is 63.8 cm³/mol. The molecule has 0 saturated heterocycles. The quantitative estimate of drug-likeness (QED) is 0.744. The van der Waals surface area contributed by atoms with Gasteiger partial charge in [-0.05, 0) is 12.1 Å². The highest BCUT2D eigenvalue weighted by Crippen LogP contribution is 2.23. The lowest BCUT2D eigenvalue weighted by atomic mass is 10.1. The topological polar surface area (TPSA) is 72.9 Å². The lowest BCUT2D eigenvalue weighted by Crippen LogP contribution is -2.40. The van der Waals surface area contributed by atoms with Crippen LogP contribution in [0.15, 0.2) is 24.3 Å². The van der Waals surface area contributed by atoms with Crippen molar-refractivity contribution in [2.75, 3.05) is 26.1 Å². The Balaban J connectivity index is 2.00. The normalized spacial score (nSPS) is 15.2. The molecule has 18 heavy (non-hydrogen) atoms. The van der Waals surface area contributed by atoms with Crippen molar-refractivity contribution in [3.05, 3.63) is 29.8 Å². The molecule has 7 heteroatoms. The molecule has 0 aliphatic carbocycles. The summed E-state index contributed by atoms with van der Waals surface area (Å²) in [6.45, 7) is 0.194. The Morgan fingerprint density at radius 2 is 2.11 bits per heavy atom. The van der Waals surface area contributed by atoms with Gasteiger partial charge in [-0.2, -0.15) is 8.42 Å². The highest BCUT2D eigenvalue weighted by atomic mass is 32.2. The zero-order chi connectivity index (χ0) is 13.2. The third-order valence-corrected chi connectivity index (χ3v) is 3.03. The van der Waals surface area contributed by atoms with E-state index in [-0.39, 0.29) is 25.8 Å². The zero-order valence-corrected chi connectivity index (χ0v) is 10.6. The second kappa shape index (κ2) is 4.95. The lowest BCUT2D eigenvalue weighted by molar-refractivity contribution is 0.0484. The van der Waals surface area contributed by atoms with Crippen LogP contribution in [-0.2, 0) is 14.3 Å². The number of fused-ring (bicyclic) bond motifs is 1. The lowest BCUT2D eigenvalue weighted by Gasteiger charge is -2.28. The first-order chi connectivity index (χ1) is 8.47. The Labute approximate surface area is 105 Å². The van der Waals surface area contributed by atoms with Crippen LogP contribution in [0.5, 0.6) is 5.75 Å². The molecular weight excluding hydrogens is 258 g/mol. The first-order valence-electron chi connectivity index (χ1n) is 5.33. The molecule has 0 bridgehead atoms. The minimum Gasteiger partial charge on any atom is -0.472 e. The number of carbonyl (C=O) groups excluding carboxylic acids is 1. The standard InChI is InChI=1S/C11H13NO5S/c1-18(14,15)17-7-6-12-8-16-10-5-3-2-4-9(10)11(12)13/h2-5H,6-8H2,1H3. The van der Waals surface area contributed by atoms with Crippen molar-refractivity contribution in [1.29, 1.82) is 0 Å². The van der Waals surface area contributed by atoms with Gasteiger partial charge in [-0.25, -0.2) is 0 Å². The molecule has 1 heterocycles. The number of para-hydroxylation sites is 1. The fourth-order valence-corrected chi connectivity index (χ4v) is 1.99. The van der Waals surface area contributed by atoms with Gasteiger partial charge in [0.05, 0.1) is 18.4 Å². The highest BCUT2D eigenvalue weighted by Gasteiger charge is 2.24. The van der Waals surface area contributed by atoms with Gasteiger partial charge < -0.3 is 9.64 Å². The molecule has 6 nitrogen and oxygen atoms in total. The molecule has 1 aromatic carbocycles. The van der Waals surface area contributed by atoms with Crippen LogP contribution in [0.2, 0.25) is 0 Å². The number of ether oxygens (including phenoxy) is 1. The van der Waals surface area contributed by atoms with Gasteiger partial charge in [-0.15, -0.1) is 0 Å². The number of hydrogen-bond donors (Lipinski definition) is 0. The first kappa shape index (κ1) is 12.8. The van der Waals surface area contributed by atoms with Crippen molar-refractivity contribution in [2.24, 2.45) is 0 Å². The van der Waals surface area contributed by atoms with Crippen molar-refractivity contribution in [2.45, 2.75) is 0 Å². The Hall–Kier alpha value is -1.60. The van der Waals surface area contributed by atoms with Gasteiger partial charge >= 0.3 is 0 Å². The Morgan fingerprint density at radius 3 is 2.83 bits per heavy atom. The molecule has 0 saturated carbocycles. The monoisotopic (exact) mass is 271 g/mol. The third kappa shape index (κ3) is 2.99. The molecular formula is C11H13NO5S. The molecule has 1 aliphatic heterocycles. The summed E-state index contributed by atoms with van der Waals surface area (Å²) in [6, 6.07) is 6.92. The maximum atomic E-state index is 12.0. The van der Waals surface area contributed by atoms with Crippen LogP contribution < -0.4 is 4.74 Å². The SMILES string of the molecule is CS(=O)(=O)OCCN1COc2ccccc2C1=O. The maximum Gasteiger partial charge on any atom is 0.264 e. The molecule has 1 aliphatic rings. The number of hydrogen-bond acceptors (Lipinski definition) is 5. The van der Waals surface area contributed by atoms with E-state index in [1.807, 2.05) is 0 Å². The molecule has 0 fully saturated rings. The van der Waals surface area contributed by atoms with E-state index in [4.69, 9.17) is 4.74 Å². The van der Waals surface area contributed by atoms with Crippen molar-refractivity contribution in [3.8, 4) is 5.75 Å². The first-order valence-corrected chi connectivity index (χ1v) is 7.14. The second-order valence-corrected chi connectivity index (χ2v) is 5.51. The summed E-state index contributed by atoms with van der Waals surface area (Å²) in [7, 11) is -3.48. The van der Waals surface area contributed by atoms with Crippen LogP contribution >= 0.6 is 0 Å². The smallest absolute Gasteiger partial charge is 0.264 e. The van der Waals surface area contributed by atoms with Gasteiger partial charge in [0, 0.05) is 6.54 Å². The average Bonchev–Trinajstić information content (AvgIpc) is 2.31. The van der Waals surface area contributed by atoms with Gasteiger partial charge in [0.1, 0.15) is 5.75 Å². The predicted octanol–water partition coefficient (Wildman–Crippen LogP) is 0.455. The molecule has 0 N–H and O–H groups in total. The Morgan fingerprint density at radius 1 is 1.39 bits per heavy atom. The molecule has 98 valence electrons. The third-order valence-electron chi connectivity index (χ3n) is 2.44. The Bertz CT molecular complexity index is 554. The molecule has 1 amide bonds. The van der Waals surface area contributed by atoms with Gasteiger partial charge in [0.2, 0.25) is 0 Å². The summed E-state index contributed by atoms with van der Waals surface area (Å²) in [6.07, 6.45) is 0.969. The van der Waals surface area contributed by atoms with E-state index in [1.54, 1.807) is 24.3 Å². The molecule has 0 spiro atoms. The number of benzene rings is 1. The fraction of sp³-hybridized carbons (Fsp3) is 0.364. The van der Waals surface area contributed by atoms with Crippen LogP contribution in [0.1, 0.15) is 10.4 Å². The van der Waals surface area contributed by atoms with Gasteiger partial charge in [0.15, 0.2) is 6.73 Å². The van der Waals surface area contributed by atoms with Crippen molar-refractivity contribution in [1.82, 2.24) is 4.90 Å². The van der Waals surface area contributed by atoms with E-state index in [1.165, 1.54) is 4.90 Å². The number of amides is 1. The largest absolute Gasteiger partial charge is 0.472 e. The van der Waals surface area contributed by atoms with E-state index in [0.29, 0.717) is 11.3 Å². The molecule has 0 atom stereocenters. The van der Waals surface area contributed by atoms with Crippen LogP contribution in [0.3, 0.4) is 0 Å². The van der Waals surface area contributed by atoms with Gasteiger partial charge in [-0.1, -0.05) is 12.1 Å². The van der Waals surface area contributed by atoms with Crippen LogP contribution in [0.4, 0.5) is 0 Å². The highest BCUT2D eigenvalue weighted by molar-refractivity contribution is 7.85. The molecule has 0 radical (unpaired) electrons. The second-order valence-electron chi connectivity index (χ2n) is 3.86. The van der Waals surface area contributed by atoms with Gasteiger partial charge in [-0.3, -0.25) is 8.98 Å². The van der Waals surface area contributed by atoms with E-state index in [2.05, 4.69) is 4.18 Å². The molecule has 1 aromatic rings. The number of nitrogens with zero attached hydrogens (tertiary/aromatic N) is 1. The van der Waals surface area contributed by atoms with Crippen molar-refractivity contribution < 1.29 is 22.1 Å². The zero-order valence-electron chi connectivity index (χ0n) is 9.83. The van der Waals surface area contributed by atoms with Crippen molar-refractivity contribution in [3.63, 3.8) is 0 Å². The minimum atomic E-state index is -3.48. The number of carbonyl (C=O) groups is 1. The summed E-state index contributed by atoms with van der Waals surface area (Å²) in [4.78, 5) is 13.4. The maximum absolute atomic E-state index is 12.0. The van der Waals surface area contributed by atoms with Crippen LogP contribution in [-0.4, -0.2) is 45.4 Å². The van der Waals surface area contributed by atoms with Gasteiger partial charge in [0.25, 0.3) is 16.0 Å². The molecule has 0 unspecified atom stereocenters. The summed E-state index contributed by atoms with van der Waals surface area (Å²) < 4.78 is 31.6. The van der Waals surface area contributed by atoms with E-state index >= 15 is 0 Å².